The molecular weight excluding hydrogens is 183 g/mol. The fourth-order valence-electron chi connectivity index (χ4n) is 1.14. The van der Waals surface area contributed by atoms with E-state index in [1.165, 1.54) is 0 Å². The molecule has 0 heterocycles. The summed E-state index contributed by atoms with van der Waals surface area (Å²) in [5.74, 6) is 0. The average Bonchev–Trinajstić information content (AvgIpc) is 1.78. The van der Waals surface area contributed by atoms with Gasteiger partial charge in [0.25, 0.3) is 0 Å². The average molecular weight is 204 g/mol. The quantitative estimate of drug-likeness (QED) is 0.654. The van der Waals surface area contributed by atoms with E-state index in [1.807, 2.05) is 27.7 Å². The van der Waals surface area contributed by atoms with E-state index in [4.69, 9.17) is 19.4 Å². The Morgan fingerprint density at radius 3 is 1.71 bits per heavy atom. The smallest absolute Gasteiger partial charge is 0.402 e. The number of hydrogen-bond donors (Lipinski definition) is 2. The zero-order valence-corrected chi connectivity index (χ0v) is 9.87. The van der Waals surface area contributed by atoms with Gasteiger partial charge in [-0.1, -0.05) is 0 Å². The second-order valence-electron chi connectivity index (χ2n) is 4.63. The van der Waals surface area contributed by atoms with Crippen molar-refractivity contribution in [1.82, 2.24) is 0 Å². The van der Waals surface area contributed by atoms with Crippen molar-refractivity contribution in [3.05, 3.63) is 0 Å². The summed E-state index contributed by atoms with van der Waals surface area (Å²) in [4.78, 5) is 0. The van der Waals surface area contributed by atoms with E-state index < -0.39 is 18.5 Å². The lowest BCUT2D eigenvalue weighted by molar-refractivity contribution is -0.165. The van der Waals surface area contributed by atoms with Gasteiger partial charge in [-0.2, -0.15) is 0 Å². The van der Waals surface area contributed by atoms with Gasteiger partial charge in [0.1, 0.15) is 0 Å². The molecule has 0 atom stereocenters. The Morgan fingerprint density at radius 1 is 1.00 bits per heavy atom. The maximum absolute atomic E-state index is 8.76. The Labute approximate surface area is 86.4 Å². The first-order valence-corrected chi connectivity index (χ1v) is 4.80. The molecule has 0 amide bonds. The molecule has 0 unspecified atom stereocenters. The third kappa shape index (κ3) is 3.96. The molecule has 0 aromatic heterocycles. The highest BCUT2D eigenvalue weighted by Crippen LogP contribution is 2.30. The third-order valence-electron chi connectivity index (χ3n) is 2.38. The van der Waals surface area contributed by atoms with Crippen molar-refractivity contribution >= 4 is 7.32 Å². The maximum atomic E-state index is 8.76. The van der Waals surface area contributed by atoms with Crippen molar-refractivity contribution in [2.45, 2.75) is 58.8 Å². The zero-order valence-electron chi connectivity index (χ0n) is 9.87. The molecule has 0 aliphatic rings. The lowest BCUT2D eigenvalue weighted by Crippen LogP contribution is -2.53. The van der Waals surface area contributed by atoms with Gasteiger partial charge in [0.15, 0.2) is 0 Å². The first-order valence-electron chi connectivity index (χ1n) is 4.80. The summed E-state index contributed by atoms with van der Waals surface area (Å²) in [6.45, 7) is 11.1. The van der Waals surface area contributed by atoms with E-state index in [2.05, 4.69) is 0 Å². The standard InChI is InChI=1S/C9H21BO4/c1-7(2)13-8(3,4)9(5,6)14-10(11)12/h7,11-12H,1-6H3. The highest BCUT2D eigenvalue weighted by atomic mass is 16.6. The molecule has 0 aliphatic carbocycles. The summed E-state index contributed by atoms with van der Waals surface area (Å²) in [7, 11) is -1.78. The minimum absolute atomic E-state index is 0.0590. The third-order valence-corrected chi connectivity index (χ3v) is 2.38. The molecule has 0 aliphatic heterocycles. The van der Waals surface area contributed by atoms with E-state index in [9.17, 15) is 0 Å². The Bertz CT molecular complexity index is 158. The topological polar surface area (TPSA) is 58.9 Å². The van der Waals surface area contributed by atoms with Crippen LogP contribution < -0.4 is 0 Å². The molecule has 0 spiro atoms. The molecule has 2 N–H and O–H groups in total. The van der Waals surface area contributed by atoms with Crippen LogP contribution in [0.2, 0.25) is 0 Å². The minimum atomic E-state index is -1.78. The van der Waals surface area contributed by atoms with Crippen LogP contribution in [0.25, 0.3) is 0 Å². The molecule has 0 radical (unpaired) electrons. The first kappa shape index (κ1) is 13.9. The molecule has 0 rings (SSSR count). The van der Waals surface area contributed by atoms with E-state index in [0.29, 0.717) is 0 Å². The molecule has 0 saturated heterocycles. The lowest BCUT2D eigenvalue weighted by atomic mass is 9.87. The molecule has 4 nitrogen and oxygen atoms in total. The normalized spacial score (nSPS) is 13.5. The van der Waals surface area contributed by atoms with Crippen molar-refractivity contribution in [2.24, 2.45) is 0 Å². The van der Waals surface area contributed by atoms with Gasteiger partial charge in [-0.05, 0) is 41.5 Å². The van der Waals surface area contributed by atoms with Crippen LogP contribution >= 0.6 is 0 Å². The van der Waals surface area contributed by atoms with Gasteiger partial charge in [0, 0.05) is 0 Å². The molecule has 14 heavy (non-hydrogen) atoms. The van der Waals surface area contributed by atoms with Gasteiger partial charge in [-0.25, -0.2) is 0 Å². The van der Waals surface area contributed by atoms with Gasteiger partial charge in [0.05, 0.1) is 17.3 Å². The first-order chi connectivity index (χ1) is 6.08. The minimum Gasteiger partial charge on any atom is -0.402 e. The van der Waals surface area contributed by atoms with Crippen LogP contribution in [0, 0.1) is 0 Å². The predicted octanol–water partition coefficient (Wildman–Crippen LogP) is 0.955. The van der Waals surface area contributed by atoms with Crippen molar-refractivity contribution in [2.75, 3.05) is 0 Å². The van der Waals surface area contributed by atoms with E-state index in [0.717, 1.165) is 0 Å². The van der Waals surface area contributed by atoms with E-state index in [-0.39, 0.29) is 6.10 Å². The number of ether oxygens (including phenoxy) is 1. The summed E-state index contributed by atoms with van der Waals surface area (Å²) in [6.07, 6.45) is 0.0590. The molecular formula is C9H21BO4. The highest BCUT2D eigenvalue weighted by molar-refractivity contribution is 6.32. The van der Waals surface area contributed by atoms with Crippen molar-refractivity contribution in [3.8, 4) is 0 Å². The SMILES string of the molecule is CC(C)OC(C)(C)C(C)(C)OB(O)O. The second-order valence-corrected chi connectivity index (χ2v) is 4.63. The molecule has 0 saturated carbocycles. The fraction of sp³-hybridized carbons (Fsp3) is 1.00. The summed E-state index contributed by atoms with van der Waals surface area (Å²) >= 11 is 0. The Kier molecular flexibility index (Phi) is 4.58. The predicted molar refractivity (Wildman–Crippen MR) is 55.7 cm³/mol. The Hall–Kier alpha value is -0.0951. The van der Waals surface area contributed by atoms with Gasteiger partial charge >= 0.3 is 7.32 Å². The van der Waals surface area contributed by atoms with Crippen LogP contribution in [0.1, 0.15) is 41.5 Å². The van der Waals surface area contributed by atoms with Gasteiger partial charge < -0.3 is 19.4 Å². The van der Waals surface area contributed by atoms with Crippen LogP contribution in [0.4, 0.5) is 0 Å². The fourth-order valence-corrected chi connectivity index (χ4v) is 1.14. The molecule has 0 aromatic carbocycles. The van der Waals surface area contributed by atoms with Gasteiger partial charge in [-0.3, -0.25) is 0 Å². The maximum Gasteiger partial charge on any atom is 0.634 e. The van der Waals surface area contributed by atoms with Crippen LogP contribution in [-0.4, -0.2) is 34.7 Å². The molecule has 0 aromatic rings. The highest BCUT2D eigenvalue weighted by Gasteiger charge is 2.42. The lowest BCUT2D eigenvalue weighted by Gasteiger charge is -2.42. The summed E-state index contributed by atoms with van der Waals surface area (Å²) in [5.41, 5.74) is -1.36. The Morgan fingerprint density at radius 2 is 1.43 bits per heavy atom. The van der Waals surface area contributed by atoms with Crippen LogP contribution in [0.5, 0.6) is 0 Å². The molecule has 84 valence electrons. The number of rotatable bonds is 5. The Balaban J connectivity index is 4.51. The summed E-state index contributed by atoms with van der Waals surface area (Å²) < 4.78 is 10.6. The molecule has 5 heteroatoms. The van der Waals surface area contributed by atoms with Gasteiger partial charge in [0.2, 0.25) is 0 Å². The molecule has 0 bridgehead atoms. The van der Waals surface area contributed by atoms with E-state index >= 15 is 0 Å². The summed E-state index contributed by atoms with van der Waals surface area (Å²) in [6, 6.07) is 0. The zero-order chi connectivity index (χ0) is 11.6. The molecule has 0 fully saturated rings. The largest absolute Gasteiger partial charge is 0.634 e. The van der Waals surface area contributed by atoms with Crippen molar-refractivity contribution in [3.63, 3.8) is 0 Å². The van der Waals surface area contributed by atoms with Crippen LogP contribution in [0.15, 0.2) is 0 Å². The van der Waals surface area contributed by atoms with Crippen LogP contribution in [-0.2, 0) is 9.39 Å². The van der Waals surface area contributed by atoms with Crippen molar-refractivity contribution in [1.29, 1.82) is 0 Å². The van der Waals surface area contributed by atoms with Gasteiger partial charge in [-0.15, -0.1) is 0 Å². The van der Waals surface area contributed by atoms with Crippen molar-refractivity contribution < 1.29 is 19.4 Å². The second kappa shape index (κ2) is 4.62. The monoisotopic (exact) mass is 204 g/mol. The van der Waals surface area contributed by atoms with Crippen LogP contribution in [0.3, 0.4) is 0 Å². The van der Waals surface area contributed by atoms with E-state index in [1.54, 1.807) is 13.8 Å². The summed E-state index contributed by atoms with van der Waals surface area (Å²) in [5, 5.41) is 17.5. The number of hydrogen-bond acceptors (Lipinski definition) is 4.